The van der Waals surface area contributed by atoms with Crippen molar-refractivity contribution in [3.63, 3.8) is 0 Å². The number of hydrogen-bond acceptors (Lipinski definition) is 1. The number of carbonyl (C=O) groups is 1. The summed E-state index contributed by atoms with van der Waals surface area (Å²) >= 11 is 5.86. The molecule has 0 spiro atoms. The predicted molar refractivity (Wildman–Crippen MR) is 73.0 cm³/mol. The Labute approximate surface area is 111 Å². The summed E-state index contributed by atoms with van der Waals surface area (Å²) in [7, 11) is 0. The summed E-state index contributed by atoms with van der Waals surface area (Å²) in [6.45, 7) is 0. The van der Waals surface area contributed by atoms with Gasteiger partial charge in [-0.1, -0.05) is 41.9 Å². The topological polar surface area (TPSA) is 29.1 Å². The lowest BCUT2D eigenvalue weighted by molar-refractivity contribution is -0.117. The van der Waals surface area contributed by atoms with Gasteiger partial charge in [0, 0.05) is 10.7 Å². The minimum atomic E-state index is -0.0950. The number of nitrogens with one attached hydrogen (secondary N) is 1. The Balaban J connectivity index is 1.89. The minimum absolute atomic E-state index is 0.0751. The third-order valence-electron chi connectivity index (χ3n) is 3.26. The molecule has 1 atom stereocenters. The number of carbonyl (C=O) groups excluding carboxylic acids is 1. The Bertz CT molecular complexity index is 592. The second-order valence-electron chi connectivity index (χ2n) is 4.46. The Morgan fingerprint density at radius 3 is 2.56 bits per heavy atom. The number of hydrogen-bond donors (Lipinski definition) is 1. The summed E-state index contributed by atoms with van der Waals surface area (Å²) in [6.07, 6.45) is 0.708. The van der Waals surface area contributed by atoms with E-state index in [4.69, 9.17) is 11.6 Å². The van der Waals surface area contributed by atoms with Crippen LogP contribution in [-0.4, -0.2) is 5.91 Å². The molecule has 0 saturated carbocycles. The standard InChI is InChI=1S/C15H12ClNO/c16-11-7-5-10(6-8-11)9-13-12-3-1-2-4-14(12)17-15(13)18/h1-8,13H,9H2,(H,17,18). The second kappa shape index (κ2) is 4.46. The smallest absolute Gasteiger partial charge is 0.232 e. The molecular weight excluding hydrogens is 246 g/mol. The minimum Gasteiger partial charge on any atom is -0.325 e. The van der Waals surface area contributed by atoms with Crippen LogP contribution in [0.1, 0.15) is 17.0 Å². The maximum Gasteiger partial charge on any atom is 0.232 e. The zero-order valence-electron chi connectivity index (χ0n) is 9.69. The van der Waals surface area contributed by atoms with Crippen LogP contribution in [0.4, 0.5) is 5.69 Å². The monoisotopic (exact) mass is 257 g/mol. The van der Waals surface area contributed by atoms with Gasteiger partial charge in [-0.15, -0.1) is 0 Å². The number of para-hydroxylation sites is 1. The molecule has 0 aromatic heterocycles. The average Bonchev–Trinajstić information content (AvgIpc) is 2.69. The van der Waals surface area contributed by atoms with Crippen molar-refractivity contribution in [1.29, 1.82) is 0 Å². The zero-order chi connectivity index (χ0) is 12.5. The van der Waals surface area contributed by atoms with Gasteiger partial charge in [0.15, 0.2) is 0 Å². The predicted octanol–water partition coefficient (Wildman–Crippen LogP) is 3.62. The van der Waals surface area contributed by atoms with E-state index in [0.29, 0.717) is 6.42 Å². The van der Waals surface area contributed by atoms with Crippen LogP contribution in [0.2, 0.25) is 5.02 Å². The summed E-state index contributed by atoms with van der Waals surface area (Å²) in [5.41, 5.74) is 3.13. The van der Waals surface area contributed by atoms with E-state index in [2.05, 4.69) is 5.32 Å². The van der Waals surface area contributed by atoms with Crippen LogP contribution in [0.5, 0.6) is 0 Å². The Morgan fingerprint density at radius 2 is 1.78 bits per heavy atom. The van der Waals surface area contributed by atoms with Gasteiger partial charge in [0.25, 0.3) is 0 Å². The van der Waals surface area contributed by atoms with E-state index in [-0.39, 0.29) is 11.8 Å². The highest BCUT2D eigenvalue weighted by atomic mass is 35.5. The zero-order valence-corrected chi connectivity index (χ0v) is 10.4. The molecule has 2 aromatic carbocycles. The van der Waals surface area contributed by atoms with Crippen molar-refractivity contribution < 1.29 is 4.79 Å². The lowest BCUT2D eigenvalue weighted by atomic mass is 9.93. The van der Waals surface area contributed by atoms with E-state index in [1.807, 2.05) is 48.5 Å². The van der Waals surface area contributed by atoms with Crippen molar-refractivity contribution in [2.45, 2.75) is 12.3 Å². The fraction of sp³-hybridized carbons (Fsp3) is 0.133. The first kappa shape index (κ1) is 11.3. The van der Waals surface area contributed by atoms with E-state index in [1.54, 1.807) is 0 Å². The number of rotatable bonds is 2. The van der Waals surface area contributed by atoms with Gasteiger partial charge in [-0.3, -0.25) is 4.79 Å². The maximum atomic E-state index is 12.0. The third kappa shape index (κ3) is 2.00. The fourth-order valence-corrected chi connectivity index (χ4v) is 2.46. The molecule has 18 heavy (non-hydrogen) atoms. The van der Waals surface area contributed by atoms with Gasteiger partial charge in [-0.25, -0.2) is 0 Å². The van der Waals surface area contributed by atoms with Crippen molar-refractivity contribution in [2.24, 2.45) is 0 Å². The van der Waals surface area contributed by atoms with Gasteiger partial charge in [-0.2, -0.15) is 0 Å². The summed E-state index contributed by atoms with van der Waals surface area (Å²) in [5, 5.41) is 3.63. The molecule has 3 rings (SSSR count). The molecule has 2 nitrogen and oxygen atoms in total. The van der Waals surface area contributed by atoms with Gasteiger partial charge in [0.2, 0.25) is 5.91 Å². The summed E-state index contributed by atoms with van der Waals surface area (Å²) in [4.78, 5) is 12.0. The van der Waals surface area contributed by atoms with Crippen molar-refractivity contribution in [3.8, 4) is 0 Å². The van der Waals surface area contributed by atoms with Crippen LogP contribution in [0, 0.1) is 0 Å². The van der Waals surface area contributed by atoms with E-state index in [0.717, 1.165) is 21.8 Å². The van der Waals surface area contributed by atoms with E-state index in [9.17, 15) is 4.79 Å². The van der Waals surface area contributed by atoms with Crippen LogP contribution in [-0.2, 0) is 11.2 Å². The molecule has 1 heterocycles. The van der Waals surface area contributed by atoms with Gasteiger partial charge in [0.05, 0.1) is 5.92 Å². The summed E-state index contributed by atoms with van der Waals surface area (Å²) in [6, 6.07) is 15.5. The molecule has 90 valence electrons. The SMILES string of the molecule is O=C1Nc2ccccc2C1Cc1ccc(Cl)cc1. The van der Waals surface area contributed by atoms with Crippen LogP contribution in [0.25, 0.3) is 0 Å². The first-order valence-corrected chi connectivity index (χ1v) is 6.26. The Morgan fingerprint density at radius 1 is 1.06 bits per heavy atom. The molecule has 2 aromatic rings. The number of anilines is 1. The Kier molecular flexibility index (Phi) is 2.80. The van der Waals surface area contributed by atoms with Crippen molar-refractivity contribution >= 4 is 23.2 Å². The molecule has 0 fully saturated rings. The number of benzene rings is 2. The molecule has 1 amide bonds. The number of fused-ring (bicyclic) bond motifs is 1. The van der Waals surface area contributed by atoms with E-state index in [1.165, 1.54) is 0 Å². The van der Waals surface area contributed by atoms with Crippen LogP contribution in [0.3, 0.4) is 0 Å². The highest BCUT2D eigenvalue weighted by molar-refractivity contribution is 6.30. The molecule has 1 unspecified atom stereocenters. The summed E-state index contributed by atoms with van der Waals surface area (Å²) < 4.78 is 0. The van der Waals surface area contributed by atoms with E-state index >= 15 is 0 Å². The molecule has 0 bridgehead atoms. The van der Waals surface area contributed by atoms with Gasteiger partial charge < -0.3 is 5.32 Å². The normalized spacial score (nSPS) is 17.4. The quantitative estimate of drug-likeness (QED) is 0.875. The number of halogens is 1. The first-order valence-electron chi connectivity index (χ1n) is 5.88. The number of amides is 1. The highest BCUT2D eigenvalue weighted by Gasteiger charge is 2.29. The molecule has 1 N–H and O–H groups in total. The molecule has 3 heteroatoms. The van der Waals surface area contributed by atoms with Gasteiger partial charge >= 0.3 is 0 Å². The maximum absolute atomic E-state index is 12.0. The van der Waals surface area contributed by atoms with Gasteiger partial charge in [0.1, 0.15) is 0 Å². The highest BCUT2D eigenvalue weighted by Crippen LogP contribution is 2.34. The van der Waals surface area contributed by atoms with Crippen molar-refractivity contribution in [2.75, 3.05) is 5.32 Å². The fourth-order valence-electron chi connectivity index (χ4n) is 2.33. The van der Waals surface area contributed by atoms with E-state index < -0.39 is 0 Å². The molecule has 0 aliphatic carbocycles. The molecule has 0 radical (unpaired) electrons. The Hall–Kier alpha value is -1.80. The second-order valence-corrected chi connectivity index (χ2v) is 4.90. The molecule has 1 aliphatic rings. The molecule has 0 saturated heterocycles. The van der Waals surface area contributed by atoms with Crippen LogP contribution in [0.15, 0.2) is 48.5 Å². The van der Waals surface area contributed by atoms with Crippen LogP contribution >= 0.6 is 11.6 Å². The van der Waals surface area contributed by atoms with Crippen molar-refractivity contribution in [1.82, 2.24) is 0 Å². The lowest BCUT2D eigenvalue weighted by Gasteiger charge is -2.08. The van der Waals surface area contributed by atoms with Crippen molar-refractivity contribution in [3.05, 3.63) is 64.7 Å². The average molecular weight is 258 g/mol. The molecule has 1 aliphatic heterocycles. The lowest BCUT2D eigenvalue weighted by Crippen LogP contribution is -2.14. The van der Waals surface area contributed by atoms with Crippen LogP contribution < -0.4 is 5.32 Å². The third-order valence-corrected chi connectivity index (χ3v) is 3.52. The molecular formula is C15H12ClNO. The first-order chi connectivity index (χ1) is 8.74. The summed E-state index contributed by atoms with van der Waals surface area (Å²) in [5.74, 6) is -0.0199. The largest absolute Gasteiger partial charge is 0.325 e. The van der Waals surface area contributed by atoms with Gasteiger partial charge in [-0.05, 0) is 35.7 Å².